The number of unbranched alkanes of at least 4 members (excludes halogenated alkanes) is 16. The molecule has 0 aliphatic carbocycles. The van der Waals surface area contributed by atoms with Gasteiger partial charge >= 0.3 is 5.97 Å². The monoisotopic (exact) mass is 410 g/mol. The van der Waals surface area contributed by atoms with Crippen molar-refractivity contribution in [3.63, 3.8) is 0 Å². The summed E-state index contributed by atoms with van der Waals surface area (Å²) < 4.78 is 0. The van der Waals surface area contributed by atoms with E-state index in [1.54, 1.807) is 0 Å². The van der Waals surface area contributed by atoms with Crippen LogP contribution in [-0.4, -0.2) is 11.1 Å². The minimum absolute atomic E-state index is 0.0996. The number of carbonyl (C=O) groups is 1. The third kappa shape index (κ3) is 22.0. The Hall–Kier alpha value is -0.530. The summed E-state index contributed by atoms with van der Waals surface area (Å²) in [6, 6.07) is 0. The number of carboxylic acid groups (broad SMARTS) is 1. The van der Waals surface area contributed by atoms with Crippen LogP contribution in [0.2, 0.25) is 0 Å². The molecule has 0 fully saturated rings. The third-order valence-electron chi connectivity index (χ3n) is 6.34. The summed E-state index contributed by atoms with van der Waals surface area (Å²) in [5.41, 5.74) is 0. The van der Waals surface area contributed by atoms with E-state index in [0.29, 0.717) is 0 Å². The highest BCUT2D eigenvalue weighted by Crippen LogP contribution is 2.20. The van der Waals surface area contributed by atoms with Crippen molar-refractivity contribution in [3.05, 3.63) is 0 Å². The lowest BCUT2D eigenvalue weighted by Gasteiger charge is -2.12. The van der Waals surface area contributed by atoms with E-state index in [0.717, 1.165) is 31.6 Å². The first-order valence-electron chi connectivity index (χ1n) is 13.3. The molecule has 0 aliphatic heterocycles. The van der Waals surface area contributed by atoms with Crippen molar-refractivity contribution in [2.24, 2.45) is 11.8 Å². The van der Waals surface area contributed by atoms with Crippen LogP contribution < -0.4 is 0 Å². The molecule has 2 nitrogen and oxygen atoms in total. The minimum Gasteiger partial charge on any atom is -0.481 e. The van der Waals surface area contributed by atoms with E-state index in [9.17, 15) is 9.90 Å². The van der Waals surface area contributed by atoms with Crippen LogP contribution in [0, 0.1) is 11.8 Å². The lowest BCUT2D eigenvalue weighted by Crippen LogP contribution is -2.13. The van der Waals surface area contributed by atoms with E-state index >= 15 is 0 Å². The molecular weight excluding hydrogens is 356 g/mol. The van der Waals surface area contributed by atoms with Crippen LogP contribution in [0.1, 0.15) is 156 Å². The normalized spacial score (nSPS) is 12.6. The fraction of sp³-hybridized carbons (Fsp3) is 0.963. The zero-order valence-electron chi connectivity index (χ0n) is 20.4. The molecule has 0 rings (SSSR count). The third-order valence-corrected chi connectivity index (χ3v) is 6.34. The standard InChI is InChI=1S/C27H54O2/c1-4-5-6-7-8-9-10-11-12-13-14-15-16-20-23-26(27(28)29)24-21-18-17-19-22-25(2)3/h25-26H,4-24H2,1-3H3,(H,28,29). The van der Waals surface area contributed by atoms with Crippen molar-refractivity contribution in [3.8, 4) is 0 Å². The average Bonchev–Trinajstić information content (AvgIpc) is 2.68. The molecule has 0 bridgehead atoms. The van der Waals surface area contributed by atoms with Crippen molar-refractivity contribution in [2.75, 3.05) is 0 Å². The second kappa shape index (κ2) is 22.2. The maximum Gasteiger partial charge on any atom is 0.306 e. The summed E-state index contributed by atoms with van der Waals surface area (Å²) >= 11 is 0. The van der Waals surface area contributed by atoms with Crippen LogP contribution in [-0.2, 0) is 4.79 Å². The molecule has 0 aromatic heterocycles. The lowest BCUT2D eigenvalue weighted by atomic mass is 9.94. The van der Waals surface area contributed by atoms with Gasteiger partial charge in [0.15, 0.2) is 0 Å². The van der Waals surface area contributed by atoms with Gasteiger partial charge in [0.05, 0.1) is 5.92 Å². The molecule has 0 heterocycles. The van der Waals surface area contributed by atoms with E-state index in [2.05, 4.69) is 20.8 Å². The van der Waals surface area contributed by atoms with E-state index < -0.39 is 5.97 Å². The van der Waals surface area contributed by atoms with Gasteiger partial charge in [0.25, 0.3) is 0 Å². The summed E-state index contributed by atoms with van der Waals surface area (Å²) in [5, 5.41) is 9.45. The quantitative estimate of drug-likeness (QED) is 0.170. The molecule has 0 aliphatic rings. The zero-order chi connectivity index (χ0) is 21.6. The van der Waals surface area contributed by atoms with Crippen LogP contribution in [0.4, 0.5) is 0 Å². The average molecular weight is 411 g/mol. The molecule has 2 heteroatoms. The Kier molecular flexibility index (Phi) is 21.8. The predicted molar refractivity (Wildman–Crippen MR) is 129 cm³/mol. The largest absolute Gasteiger partial charge is 0.481 e. The van der Waals surface area contributed by atoms with Gasteiger partial charge in [0.1, 0.15) is 0 Å². The molecule has 0 amide bonds. The van der Waals surface area contributed by atoms with Gasteiger partial charge in [-0.25, -0.2) is 0 Å². The molecule has 1 unspecified atom stereocenters. The van der Waals surface area contributed by atoms with Crippen molar-refractivity contribution in [2.45, 2.75) is 156 Å². The highest BCUT2D eigenvalue weighted by molar-refractivity contribution is 5.69. The van der Waals surface area contributed by atoms with Gasteiger partial charge in [0, 0.05) is 0 Å². The molecule has 0 saturated carbocycles. The zero-order valence-corrected chi connectivity index (χ0v) is 20.4. The van der Waals surface area contributed by atoms with Gasteiger partial charge in [-0.1, -0.05) is 143 Å². The lowest BCUT2D eigenvalue weighted by molar-refractivity contribution is -0.142. The van der Waals surface area contributed by atoms with Crippen molar-refractivity contribution >= 4 is 5.97 Å². The second-order valence-corrected chi connectivity index (χ2v) is 9.81. The fourth-order valence-corrected chi connectivity index (χ4v) is 4.27. The summed E-state index contributed by atoms with van der Waals surface area (Å²) in [4.78, 5) is 11.5. The maximum atomic E-state index is 11.5. The molecule has 0 aromatic carbocycles. The highest BCUT2D eigenvalue weighted by atomic mass is 16.4. The SMILES string of the molecule is CCCCCCCCCCCCCCCCC(CCCCCCC(C)C)C(=O)O. The van der Waals surface area contributed by atoms with Gasteiger partial charge in [-0.15, -0.1) is 0 Å². The van der Waals surface area contributed by atoms with Crippen LogP contribution >= 0.6 is 0 Å². The smallest absolute Gasteiger partial charge is 0.306 e. The highest BCUT2D eigenvalue weighted by Gasteiger charge is 2.16. The Bertz CT molecular complexity index is 337. The van der Waals surface area contributed by atoms with E-state index in [4.69, 9.17) is 0 Å². The Morgan fingerprint density at radius 3 is 1.17 bits per heavy atom. The molecule has 174 valence electrons. The second-order valence-electron chi connectivity index (χ2n) is 9.81. The Balaban J connectivity index is 3.41. The molecule has 1 N–H and O–H groups in total. The molecule has 0 aromatic rings. The molecule has 1 atom stereocenters. The number of hydrogen-bond donors (Lipinski definition) is 1. The first-order valence-corrected chi connectivity index (χ1v) is 13.3. The molecular formula is C27H54O2. The van der Waals surface area contributed by atoms with Gasteiger partial charge in [0.2, 0.25) is 0 Å². The summed E-state index contributed by atoms with van der Waals surface area (Å²) in [7, 11) is 0. The molecule has 0 spiro atoms. The Labute approximate surface area is 183 Å². The number of hydrogen-bond acceptors (Lipinski definition) is 1. The minimum atomic E-state index is -0.568. The molecule has 29 heavy (non-hydrogen) atoms. The van der Waals surface area contributed by atoms with Gasteiger partial charge in [-0.3, -0.25) is 4.79 Å². The predicted octanol–water partition coefficient (Wildman–Crippen LogP) is 9.56. The van der Waals surface area contributed by atoms with Crippen LogP contribution in [0.5, 0.6) is 0 Å². The van der Waals surface area contributed by atoms with Gasteiger partial charge in [-0.05, 0) is 18.8 Å². The number of aliphatic carboxylic acids is 1. The first-order chi connectivity index (χ1) is 14.1. The van der Waals surface area contributed by atoms with E-state index in [1.165, 1.54) is 109 Å². The van der Waals surface area contributed by atoms with Crippen molar-refractivity contribution < 1.29 is 9.90 Å². The van der Waals surface area contributed by atoms with E-state index in [1.807, 2.05) is 0 Å². The van der Waals surface area contributed by atoms with Gasteiger partial charge < -0.3 is 5.11 Å². The number of rotatable bonds is 23. The Morgan fingerprint density at radius 1 is 0.552 bits per heavy atom. The summed E-state index contributed by atoms with van der Waals surface area (Å²) in [6.07, 6.45) is 27.0. The van der Waals surface area contributed by atoms with Crippen molar-refractivity contribution in [1.82, 2.24) is 0 Å². The molecule has 0 saturated heterocycles. The molecule has 0 radical (unpaired) electrons. The Morgan fingerprint density at radius 2 is 0.862 bits per heavy atom. The van der Waals surface area contributed by atoms with Gasteiger partial charge in [-0.2, -0.15) is 0 Å². The maximum absolute atomic E-state index is 11.5. The van der Waals surface area contributed by atoms with Crippen LogP contribution in [0.25, 0.3) is 0 Å². The summed E-state index contributed by atoms with van der Waals surface area (Å²) in [6.45, 7) is 6.83. The van der Waals surface area contributed by atoms with Crippen molar-refractivity contribution in [1.29, 1.82) is 0 Å². The van der Waals surface area contributed by atoms with Crippen LogP contribution in [0.15, 0.2) is 0 Å². The van der Waals surface area contributed by atoms with E-state index in [-0.39, 0.29) is 5.92 Å². The fourth-order valence-electron chi connectivity index (χ4n) is 4.27. The number of carboxylic acids is 1. The summed E-state index contributed by atoms with van der Waals surface area (Å²) in [5.74, 6) is 0.126. The topological polar surface area (TPSA) is 37.3 Å². The first kappa shape index (κ1) is 28.5. The van der Waals surface area contributed by atoms with Crippen LogP contribution in [0.3, 0.4) is 0 Å².